The van der Waals surface area contributed by atoms with Crippen LogP contribution in [0.5, 0.6) is 5.75 Å². The molecule has 0 amide bonds. The van der Waals surface area contributed by atoms with Crippen LogP contribution in [0.25, 0.3) is 16.7 Å². The summed E-state index contributed by atoms with van der Waals surface area (Å²) in [5.74, 6) is -0.167. The van der Waals surface area contributed by atoms with Crippen LogP contribution >= 0.6 is 0 Å². The van der Waals surface area contributed by atoms with Gasteiger partial charge in [0.05, 0.1) is 11.8 Å². The Labute approximate surface area is 169 Å². The molecule has 0 unspecified atom stereocenters. The Bertz CT molecular complexity index is 1240. The number of phenols is 1. The second-order valence-electron chi connectivity index (χ2n) is 9.54. The van der Waals surface area contributed by atoms with E-state index >= 15 is 0 Å². The summed E-state index contributed by atoms with van der Waals surface area (Å²) in [6, 6.07) is 9.53. The van der Waals surface area contributed by atoms with Crippen LogP contribution in [0.15, 0.2) is 43.2 Å². The molecule has 6 nitrogen and oxygen atoms in total. The standard InChI is InChI=1S/C23H27N3O3/c1-8-29-21(28)14-9-10-17-18(11-14)25-24(17)26(25)19-13-15(22(2,3)4)12-16(20(19)27)23(5,6)7/h8-13,27H,1H2,2-7H3. The van der Waals surface area contributed by atoms with Crippen LogP contribution in [0.2, 0.25) is 0 Å². The Morgan fingerprint density at radius 3 is 2.24 bits per heavy atom. The number of aromatic hydroxyl groups is 1. The topological polar surface area (TPSA) is 60.3 Å². The van der Waals surface area contributed by atoms with E-state index in [1.54, 1.807) is 12.1 Å². The van der Waals surface area contributed by atoms with Crippen molar-refractivity contribution in [1.82, 2.24) is 14.1 Å². The number of carbonyl (C=O) groups excluding carboxylic acids is 1. The highest BCUT2D eigenvalue weighted by Crippen LogP contribution is 2.41. The average Bonchev–Trinajstić information content (AvgIpc) is 3.26. The Balaban J connectivity index is 1.89. The van der Waals surface area contributed by atoms with Gasteiger partial charge in [0, 0.05) is 5.56 Å². The van der Waals surface area contributed by atoms with Gasteiger partial charge in [-0.25, -0.2) is 4.79 Å². The Hall–Kier alpha value is -3.15. The lowest BCUT2D eigenvalue weighted by molar-refractivity contribution is 0.0664. The lowest BCUT2D eigenvalue weighted by Crippen LogP contribution is -2.17. The summed E-state index contributed by atoms with van der Waals surface area (Å²) in [6.07, 6.45) is 1.13. The van der Waals surface area contributed by atoms with Gasteiger partial charge in [0.2, 0.25) is 0 Å². The van der Waals surface area contributed by atoms with Gasteiger partial charge in [0.25, 0.3) is 0 Å². The highest BCUT2D eigenvalue weighted by molar-refractivity contribution is 5.94. The van der Waals surface area contributed by atoms with E-state index in [1.807, 2.05) is 26.2 Å². The quantitative estimate of drug-likeness (QED) is 0.393. The summed E-state index contributed by atoms with van der Waals surface area (Å²) in [5.41, 5.74) is 4.85. The minimum atomic E-state index is -0.442. The van der Waals surface area contributed by atoms with E-state index in [0.29, 0.717) is 5.56 Å². The first-order valence-corrected chi connectivity index (χ1v) is 9.69. The van der Waals surface area contributed by atoms with E-state index in [0.717, 1.165) is 34.1 Å². The molecule has 0 atom stereocenters. The zero-order valence-corrected chi connectivity index (χ0v) is 17.8. The molecular weight excluding hydrogens is 366 g/mol. The summed E-state index contributed by atoms with van der Waals surface area (Å²) >= 11 is 0. The molecule has 0 spiro atoms. The van der Waals surface area contributed by atoms with Crippen molar-refractivity contribution >= 4 is 17.0 Å². The fraction of sp³-hybridized carbons (Fsp3) is 0.348. The number of hydrogen-bond donors (Lipinski definition) is 1. The van der Waals surface area contributed by atoms with Gasteiger partial charge in [-0.05, 0) is 40.7 Å². The third-order valence-corrected chi connectivity index (χ3v) is 5.32. The second-order valence-corrected chi connectivity index (χ2v) is 9.54. The average molecular weight is 393 g/mol. The highest BCUT2D eigenvalue weighted by atomic mass is 16.5. The molecule has 0 radical (unpaired) electrons. The predicted octanol–water partition coefficient (Wildman–Crippen LogP) is 5.02. The van der Waals surface area contributed by atoms with Gasteiger partial charge in [0.15, 0.2) is 0 Å². The molecule has 0 saturated heterocycles. The first-order chi connectivity index (χ1) is 13.4. The minimum absolute atomic E-state index is 0.0589. The van der Waals surface area contributed by atoms with Crippen molar-refractivity contribution < 1.29 is 14.6 Å². The molecule has 0 bridgehead atoms. The lowest BCUT2D eigenvalue weighted by Gasteiger charge is -2.26. The van der Waals surface area contributed by atoms with Gasteiger partial charge in [-0.2, -0.15) is 0 Å². The van der Waals surface area contributed by atoms with Crippen molar-refractivity contribution in [3.8, 4) is 11.4 Å². The van der Waals surface area contributed by atoms with Gasteiger partial charge < -0.3 is 9.84 Å². The number of carbonyl (C=O) groups is 1. The molecule has 4 aromatic rings. The molecule has 0 aliphatic heterocycles. The van der Waals surface area contributed by atoms with Crippen molar-refractivity contribution in [2.24, 2.45) is 0 Å². The maximum atomic E-state index is 12.0. The third kappa shape index (κ3) is 2.90. The van der Waals surface area contributed by atoms with Gasteiger partial charge >= 0.3 is 5.97 Å². The van der Waals surface area contributed by atoms with E-state index in [-0.39, 0.29) is 16.6 Å². The van der Waals surface area contributed by atoms with E-state index in [9.17, 15) is 9.90 Å². The molecule has 4 rings (SSSR count). The van der Waals surface area contributed by atoms with Crippen molar-refractivity contribution in [2.45, 2.75) is 52.4 Å². The Morgan fingerprint density at radius 1 is 1.00 bits per heavy atom. The molecule has 2 heterocycles. The first kappa shape index (κ1) is 19.2. The fourth-order valence-corrected chi connectivity index (χ4v) is 3.59. The van der Waals surface area contributed by atoms with Crippen molar-refractivity contribution in [2.75, 3.05) is 0 Å². The molecule has 29 heavy (non-hydrogen) atoms. The van der Waals surface area contributed by atoms with Crippen LogP contribution in [0.1, 0.15) is 63.0 Å². The third-order valence-electron chi connectivity index (χ3n) is 5.32. The Kier molecular flexibility index (Phi) is 3.92. The summed E-state index contributed by atoms with van der Waals surface area (Å²) in [5, 5.41) is 11.1. The largest absolute Gasteiger partial charge is 0.505 e. The van der Waals surface area contributed by atoms with E-state index in [1.165, 1.54) is 0 Å². The summed E-state index contributed by atoms with van der Waals surface area (Å²) in [6.45, 7) is 16.2. The molecule has 0 aliphatic carbocycles. The number of benzene rings is 2. The number of ether oxygens (including phenoxy) is 1. The number of aromatic nitrogens is 3. The van der Waals surface area contributed by atoms with Crippen LogP contribution in [0.4, 0.5) is 0 Å². The van der Waals surface area contributed by atoms with E-state index in [2.05, 4.69) is 54.2 Å². The van der Waals surface area contributed by atoms with Gasteiger partial charge in [-0.3, -0.25) is 0 Å². The molecule has 2 aromatic carbocycles. The highest BCUT2D eigenvalue weighted by Gasteiger charge is 2.31. The maximum absolute atomic E-state index is 12.0. The van der Waals surface area contributed by atoms with Gasteiger partial charge in [-0.15, -0.1) is 14.1 Å². The molecule has 2 aromatic heterocycles. The van der Waals surface area contributed by atoms with E-state index in [4.69, 9.17) is 4.74 Å². The number of fused-ring (bicyclic) bond motifs is 4. The zero-order chi connectivity index (χ0) is 21.3. The second kappa shape index (κ2) is 5.92. The Morgan fingerprint density at radius 2 is 1.66 bits per heavy atom. The zero-order valence-electron chi connectivity index (χ0n) is 17.8. The smallest absolute Gasteiger partial charge is 0.342 e. The number of rotatable bonds is 3. The van der Waals surface area contributed by atoms with Crippen LogP contribution in [-0.4, -0.2) is 25.1 Å². The van der Waals surface area contributed by atoms with Crippen LogP contribution in [0.3, 0.4) is 0 Å². The molecule has 6 heteroatoms. The van der Waals surface area contributed by atoms with Crippen LogP contribution < -0.4 is 0 Å². The molecular formula is C23H27N3O3. The molecule has 0 saturated carbocycles. The van der Waals surface area contributed by atoms with Crippen molar-refractivity contribution in [1.29, 1.82) is 0 Å². The van der Waals surface area contributed by atoms with E-state index < -0.39 is 5.97 Å². The lowest BCUT2D eigenvalue weighted by atomic mass is 9.80. The molecule has 152 valence electrons. The number of hydrogen-bond acceptors (Lipinski definition) is 3. The SMILES string of the molecule is C=COC(=O)c1ccc2c(c1)n1n(-c3cc(C(C)(C)C)cc(C(C)(C)C)c3O)n21. The van der Waals surface area contributed by atoms with Gasteiger partial charge in [-0.1, -0.05) is 54.2 Å². The summed E-state index contributed by atoms with van der Waals surface area (Å²) in [7, 11) is 0. The molecule has 0 fully saturated rings. The predicted molar refractivity (Wildman–Crippen MR) is 114 cm³/mol. The van der Waals surface area contributed by atoms with Crippen LogP contribution in [-0.2, 0) is 15.6 Å². The monoisotopic (exact) mass is 393 g/mol. The van der Waals surface area contributed by atoms with Gasteiger partial charge in [0.1, 0.15) is 22.5 Å². The molecule has 1 N–H and O–H groups in total. The van der Waals surface area contributed by atoms with Crippen molar-refractivity contribution in [3.63, 3.8) is 0 Å². The maximum Gasteiger partial charge on any atom is 0.342 e. The fourth-order valence-electron chi connectivity index (χ4n) is 3.59. The summed E-state index contributed by atoms with van der Waals surface area (Å²) in [4.78, 5) is 13.9. The number of esters is 1. The van der Waals surface area contributed by atoms with Crippen molar-refractivity contribution in [3.05, 3.63) is 59.9 Å². The summed E-state index contributed by atoms with van der Waals surface area (Å²) < 4.78 is 8.76. The number of nitrogens with zero attached hydrogens (tertiary/aromatic N) is 3. The number of phenolic OH excluding ortho intramolecular Hbond substituents is 1. The first-order valence-electron chi connectivity index (χ1n) is 9.69. The minimum Gasteiger partial charge on any atom is -0.505 e. The van der Waals surface area contributed by atoms with Crippen LogP contribution in [0, 0.1) is 0 Å². The normalized spacial score (nSPS) is 12.9. The molecule has 0 aliphatic rings.